The fourth-order valence-corrected chi connectivity index (χ4v) is 1.83. The Labute approximate surface area is 120 Å². The van der Waals surface area contributed by atoms with Gasteiger partial charge in [-0.2, -0.15) is 0 Å². The van der Waals surface area contributed by atoms with E-state index in [1.165, 1.54) is 0 Å². The van der Waals surface area contributed by atoms with Crippen LogP contribution in [0.4, 0.5) is 0 Å². The van der Waals surface area contributed by atoms with Crippen molar-refractivity contribution in [1.82, 2.24) is 5.32 Å². The third kappa shape index (κ3) is 5.05. The normalized spacial score (nSPS) is 13.4. The molecule has 4 heteroatoms. The summed E-state index contributed by atoms with van der Waals surface area (Å²) in [5.41, 5.74) is 0.126. The summed E-state index contributed by atoms with van der Waals surface area (Å²) in [7, 11) is 0. The largest absolute Gasteiger partial charge is 0.488 e. The lowest BCUT2D eigenvalue weighted by Gasteiger charge is -2.27. The van der Waals surface area contributed by atoms with Crippen molar-refractivity contribution in [2.24, 2.45) is 0 Å². The van der Waals surface area contributed by atoms with E-state index in [4.69, 9.17) is 27.9 Å². The van der Waals surface area contributed by atoms with E-state index in [1.54, 1.807) is 18.2 Å². The van der Waals surface area contributed by atoms with E-state index >= 15 is 0 Å². The summed E-state index contributed by atoms with van der Waals surface area (Å²) < 4.78 is 5.79. The van der Waals surface area contributed by atoms with Crippen LogP contribution in [0.5, 0.6) is 5.75 Å². The van der Waals surface area contributed by atoms with Gasteiger partial charge in [-0.1, -0.05) is 30.1 Å². The Morgan fingerprint density at radius 2 is 2.00 bits per heavy atom. The molecule has 0 radical (unpaired) electrons. The second-order valence-corrected chi connectivity index (χ2v) is 5.97. The zero-order chi connectivity index (χ0) is 13.8. The van der Waals surface area contributed by atoms with Gasteiger partial charge in [0, 0.05) is 17.1 Å². The van der Waals surface area contributed by atoms with Gasteiger partial charge >= 0.3 is 0 Å². The number of nitrogens with one attached hydrogen (secondary N) is 1. The van der Waals surface area contributed by atoms with Gasteiger partial charge in [0.15, 0.2) is 0 Å². The topological polar surface area (TPSA) is 21.3 Å². The van der Waals surface area contributed by atoms with E-state index in [0.29, 0.717) is 15.8 Å². The van der Waals surface area contributed by atoms with Crippen LogP contribution in [0.15, 0.2) is 18.2 Å². The van der Waals surface area contributed by atoms with Crippen LogP contribution in [0.2, 0.25) is 10.0 Å². The lowest BCUT2D eigenvalue weighted by atomic mass is 10.0. The highest BCUT2D eigenvalue weighted by Crippen LogP contribution is 2.28. The Hall–Kier alpha value is -0.440. The van der Waals surface area contributed by atoms with E-state index in [2.05, 4.69) is 26.1 Å². The van der Waals surface area contributed by atoms with E-state index in [9.17, 15) is 0 Å². The second kappa shape index (κ2) is 6.65. The fourth-order valence-electron chi connectivity index (χ4n) is 1.37. The van der Waals surface area contributed by atoms with Gasteiger partial charge in [-0.3, -0.25) is 0 Å². The molecule has 18 heavy (non-hydrogen) atoms. The molecule has 1 aromatic carbocycles. The lowest BCUT2D eigenvalue weighted by molar-refractivity contribution is 0.199. The first-order chi connectivity index (χ1) is 8.34. The molecule has 0 amide bonds. The van der Waals surface area contributed by atoms with E-state index in [1.807, 2.05) is 6.92 Å². The Morgan fingerprint density at radius 1 is 1.33 bits per heavy atom. The summed E-state index contributed by atoms with van der Waals surface area (Å²) in [6.45, 7) is 9.31. The Balaban J connectivity index is 2.52. The van der Waals surface area contributed by atoms with Crippen LogP contribution in [0, 0.1) is 0 Å². The third-order valence-corrected chi connectivity index (χ3v) is 3.50. The first-order valence-electron chi connectivity index (χ1n) is 6.21. The minimum absolute atomic E-state index is 0.0505. The predicted octanol–water partition coefficient (Wildman–Crippen LogP) is 4.54. The average Bonchev–Trinajstić information content (AvgIpc) is 2.30. The van der Waals surface area contributed by atoms with Crippen molar-refractivity contribution in [1.29, 1.82) is 0 Å². The molecule has 1 N–H and O–H groups in total. The Kier molecular flexibility index (Phi) is 5.77. The molecule has 2 nitrogen and oxygen atoms in total. The molecule has 0 heterocycles. The molecule has 0 spiro atoms. The van der Waals surface area contributed by atoms with Gasteiger partial charge in [0.05, 0.1) is 5.02 Å². The summed E-state index contributed by atoms with van der Waals surface area (Å²) in [6, 6.07) is 5.26. The van der Waals surface area contributed by atoms with Crippen LogP contribution in [0.1, 0.15) is 34.1 Å². The molecule has 0 saturated heterocycles. The number of halogens is 2. The molecular weight excluding hydrogens is 269 g/mol. The van der Waals surface area contributed by atoms with Crippen molar-refractivity contribution in [3.8, 4) is 5.75 Å². The molecule has 0 aromatic heterocycles. The predicted molar refractivity (Wildman–Crippen MR) is 78.9 cm³/mol. The van der Waals surface area contributed by atoms with Crippen LogP contribution in [-0.2, 0) is 0 Å². The number of hydrogen-bond acceptors (Lipinski definition) is 2. The van der Waals surface area contributed by atoms with Crippen LogP contribution in [0.3, 0.4) is 0 Å². The molecular formula is C14H21Cl2NO. The summed E-state index contributed by atoms with van der Waals surface area (Å²) in [5.74, 6) is 0.671. The summed E-state index contributed by atoms with van der Waals surface area (Å²) in [6.07, 6.45) is 1.12. The molecule has 0 saturated carbocycles. The van der Waals surface area contributed by atoms with Crippen LogP contribution in [0.25, 0.3) is 0 Å². The molecule has 1 unspecified atom stereocenters. The summed E-state index contributed by atoms with van der Waals surface area (Å²) in [5, 5.41) is 4.63. The fraction of sp³-hybridized carbons (Fsp3) is 0.571. The number of hydrogen-bond donors (Lipinski definition) is 1. The number of benzene rings is 1. The van der Waals surface area contributed by atoms with Gasteiger partial charge in [-0.25, -0.2) is 0 Å². The van der Waals surface area contributed by atoms with Crippen LogP contribution in [-0.4, -0.2) is 18.2 Å². The van der Waals surface area contributed by atoms with Crippen molar-refractivity contribution in [2.45, 2.75) is 45.8 Å². The highest BCUT2D eigenvalue weighted by Gasteiger charge is 2.16. The average molecular weight is 290 g/mol. The van der Waals surface area contributed by atoms with Gasteiger partial charge in [-0.15, -0.1) is 0 Å². The third-order valence-electron chi connectivity index (χ3n) is 2.97. The SMILES string of the molecule is CCC(C)(C)NCC(C)Oc1ccc(Cl)cc1Cl. The van der Waals surface area contributed by atoms with Crippen molar-refractivity contribution < 1.29 is 4.74 Å². The van der Waals surface area contributed by atoms with Crippen molar-refractivity contribution in [3.63, 3.8) is 0 Å². The van der Waals surface area contributed by atoms with Crippen molar-refractivity contribution in [2.75, 3.05) is 6.54 Å². The zero-order valence-electron chi connectivity index (χ0n) is 11.4. The Bertz CT molecular complexity index is 393. The first kappa shape index (κ1) is 15.6. The minimum Gasteiger partial charge on any atom is -0.488 e. The molecule has 1 aromatic rings. The molecule has 1 rings (SSSR count). The van der Waals surface area contributed by atoms with Gasteiger partial charge in [0.25, 0.3) is 0 Å². The molecule has 0 aliphatic heterocycles. The maximum atomic E-state index is 6.06. The maximum Gasteiger partial charge on any atom is 0.138 e. The molecule has 0 aliphatic rings. The van der Waals surface area contributed by atoms with Gasteiger partial charge < -0.3 is 10.1 Å². The maximum absolute atomic E-state index is 6.06. The monoisotopic (exact) mass is 289 g/mol. The van der Waals surface area contributed by atoms with E-state index < -0.39 is 0 Å². The van der Waals surface area contributed by atoms with Gasteiger partial charge in [-0.05, 0) is 45.4 Å². The molecule has 0 bridgehead atoms. The quantitative estimate of drug-likeness (QED) is 0.830. The Morgan fingerprint density at radius 3 is 2.56 bits per heavy atom. The van der Waals surface area contributed by atoms with Gasteiger partial charge in [0.1, 0.15) is 11.9 Å². The minimum atomic E-state index is 0.0505. The van der Waals surface area contributed by atoms with Crippen molar-refractivity contribution in [3.05, 3.63) is 28.2 Å². The first-order valence-corrected chi connectivity index (χ1v) is 6.96. The standard InChI is InChI=1S/C14H21Cl2NO/c1-5-14(3,4)17-9-10(2)18-13-7-6-11(15)8-12(13)16/h6-8,10,17H,5,9H2,1-4H3. The lowest BCUT2D eigenvalue weighted by Crippen LogP contribution is -2.43. The number of ether oxygens (including phenoxy) is 1. The van der Waals surface area contributed by atoms with E-state index in [0.717, 1.165) is 13.0 Å². The van der Waals surface area contributed by atoms with Crippen LogP contribution >= 0.6 is 23.2 Å². The molecule has 0 fully saturated rings. The smallest absolute Gasteiger partial charge is 0.138 e. The highest BCUT2D eigenvalue weighted by atomic mass is 35.5. The summed E-state index contributed by atoms with van der Waals surface area (Å²) >= 11 is 11.9. The zero-order valence-corrected chi connectivity index (χ0v) is 12.9. The second-order valence-electron chi connectivity index (χ2n) is 5.12. The highest BCUT2D eigenvalue weighted by molar-refractivity contribution is 6.35. The summed E-state index contributed by atoms with van der Waals surface area (Å²) in [4.78, 5) is 0. The number of rotatable bonds is 6. The van der Waals surface area contributed by atoms with E-state index in [-0.39, 0.29) is 11.6 Å². The van der Waals surface area contributed by atoms with Crippen LogP contribution < -0.4 is 10.1 Å². The molecule has 102 valence electrons. The molecule has 0 aliphatic carbocycles. The molecule has 1 atom stereocenters. The van der Waals surface area contributed by atoms with Crippen molar-refractivity contribution >= 4 is 23.2 Å². The van der Waals surface area contributed by atoms with Gasteiger partial charge in [0.2, 0.25) is 0 Å².